The van der Waals surface area contributed by atoms with Crippen molar-refractivity contribution in [1.82, 2.24) is 4.90 Å². The molecule has 0 aliphatic carbocycles. The highest BCUT2D eigenvalue weighted by molar-refractivity contribution is 6.42. The first-order chi connectivity index (χ1) is 9.97. The highest BCUT2D eigenvalue weighted by atomic mass is 35.5. The topological polar surface area (TPSA) is 57.6 Å². The Morgan fingerprint density at radius 3 is 2.76 bits per heavy atom. The van der Waals surface area contributed by atoms with Gasteiger partial charge in [0, 0.05) is 13.0 Å². The Morgan fingerprint density at radius 1 is 1.43 bits per heavy atom. The SMILES string of the molecule is CCCN1C(=O)CCC(C(=O)O)C1c1cccc(Cl)c1Cl. The first kappa shape index (κ1) is 16.1. The first-order valence-electron chi connectivity index (χ1n) is 6.93. The van der Waals surface area contributed by atoms with Gasteiger partial charge >= 0.3 is 5.97 Å². The zero-order valence-corrected chi connectivity index (χ0v) is 13.2. The van der Waals surface area contributed by atoms with Gasteiger partial charge in [-0.25, -0.2) is 0 Å². The van der Waals surface area contributed by atoms with Crippen molar-refractivity contribution in [3.63, 3.8) is 0 Å². The van der Waals surface area contributed by atoms with E-state index >= 15 is 0 Å². The maximum absolute atomic E-state index is 12.2. The van der Waals surface area contributed by atoms with E-state index in [0.717, 1.165) is 6.42 Å². The fraction of sp³-hybridized carbons (Fsp3) is 0.467. The van der Waals surface area contributed by atoms with Gasteiger partial charge in [0.25, 0.3) is 0 Å². The van der Waals surface area contributed by atoms with Crippen LogP contribution in [0, 0.1) is 5.92 Å². The van der Waals surface area contributed by atoms with Crippen LogP contribution in [0.1, 0.15) is 37.8 Å². The molecule has 0 radical (unpaired) electrons. The number of rotatable bonds is 4. The predicted octanol–water partition coefficient (Wildman–Crippen LogP) is 3.77. The number of aliphatic carboxylic acids is 1. The molecule has 2 unspecified atom stereocenters. The standard InChI is InChI=1S/C15H17Cl2NO3/c1-2-8-18-12(19)7-6-10(15(20)21)14(18)9-4-3-5-11(16)13(9)17/h3-5,10,14H,2,6-8H2,1H3,(H,20,21). The number of piperidine rings is 1. The van der Waals surface area contributed by atoms with Crippen LogP contribution in [-0.4, -0.2) is 28.4 Å². The molecule has 0 aromatic heterocycles. The van der Waals surface area contributed by atoms with E-state index in [2.05, 4.69) is 0 Å². The first-order valence-corrected chi connectivity index (χ1v) is 7.69. The molecule has 1 N–H and O–H groups in total. The van der Waals surface area contributed by atoms with Crippen molar-refractivity contribution < 1.29 is 14.7 Å². The molecule has 0 bridgehead atoms. The second-order valence-corrected chi connectivity index (χ2v) is 5.94. The number of carboxylic acid groups (broad SMARTS) is 1. The monoisotopic (exact) mass is 329 g/mol. The van der Waals surface area contributed by atoms with Crippen molar-refractivity contribution in [2.45, 2.75) is 32.2 Å². The van der Waals surface area contributed by atoms with Crippen molar-refractivity contribution in [2.24, 2.45) is 5.92 Å². The lowest BCUT2D eigenvalue weighted by Gasteiger charge is -2.40. The van der Waals surface area contributed by atoms with Crippen molar-refractivity contribution in [1.29, 1.82) is 0 Å². The molecule has 2 rings (SSSR count). The van der Waals surface area contributed by atoms with Crippen LogP contribution in [0.2, 0.25) is 10.0 Å². The van der Waals surface area contributed by atoms with Gasteiger partial charge in [-0.2, -0.15) is 0 Å². The van der Waals surface area contributed by atoms with Gasteiger partial charge in [0.2, 0.25) is 5.91 Å². The summed E-state index contributed by atoms with van der Waals surface area (Å²) in [6.07, 6.45) is 1.33. The minimum absolute atomic E-state index is 0.0320. The summed E-state index contributed by atoms with van der Waals surface area (Å²) < 4.78 is 0. The smallest absolute Gasteiger partial charge is 0.308 e. The number of hydrogen-bond donors (Lipinski definition) is 1. The molecule has 1 amide bonds. The predicted molar refractivity (Wildman–Crippen MR) is 81.6 cm³/mol. The van der Waals surface area contributed by atoms with Crippen molar-refractivity contribution in [3.05, 3.63) is 33.8 Å². The summed E-state index contributed by atoms with van der Waals surface area (Å²) in [5.41, 5.74) is 0.609. The second kappa shape index (κ2) is 6.67. The van der Waals surface area contributed by atoms with E-state index in [0.29, 0.717) is 28.6 Å². The average Bonchev–Trinajstić information content (AvgIpc) is 2.44. The Morgan fingerprint density at radius 2 is 2.14 bits per heavy atom. The lowest BCUT2D eigenvalue weighted by Crippen LogP contribution is -2.45. The molecule has 1 aliphatic rings. The number of nitrogens with zero attached hydrogens (tertiary/aromatic N) is 1. The normalized spacial score (nSPS) is 22.4. The number of halogens is 2. The summed E-state index contributed by atoms with van der Waals surface area (Å²) in [5, 5.41) is 10.2. The van der Waals surface area contributed by atoms with E-state index < -0.39 is 17.9 Å². The third kappa shape index (κ3) is 3.16. The molecule has 1 aliphatic heterocycles. The molecule has 4 nitrogen and oxygen atoms in total. The average molecular weight is 330 g/mol. The lowest BCUT2D eigenvalue weighted by molar-refractivity contribution is -0.152. The molecule has 0 spiro atoms. The molecule has 1 fully saturated rings. The Balaban J connectivity index is 2.51. The van der Waals surface area contributed by atoms with Crippen LogP contribution in [0.15, 0.2) is 18.2 Å². The second-order valence-electron chi connectivity index (χ2n) is 5.16. The van der Waals surface area contributed by atoms with E-state index in [9.17, 15) is 14.7 Å². The van der Waals surface area contributed by atoms with Gasteiger partial charge in [-0.3, -0.25) is 9.59 Å². The van der Waals surface area contributed by atoms with Crippen LogP contribution in [0.5, 0.6) is 0 Å². The number of likely N-dealkylation sites (tertiary alicyclic amines) is 1. The molecule has 21 heavy (non-hydrogen) atoms. The van der Waals surface area contributed by atoms with E-state index in [-0.39, 0.29) is 12.3 Å². The largest absolute Gasteiger partial charge is 0.481 e. The van der Waals surface area contributed by atoms with Gasteiger partial charge < -0.3 is 10.0 Å². The minimum atomic E-state index is -0.912. The van der Waals surface area contributed by atoms with Gasteiger partial charge in [-0.1, -0.05) is 42.3 Å². The molecule has 114 valence electrons. The zero-order valence-electron chi connectivity index (χ0n) is 11.7. The quantitative estimate of drug-likeness (QED) is 0.914. The molecule has 1 aromatic rings. The minimum Gasteiger partial charge on any atom is -0.481 e. The van der Waals surface area contributed by atoms with Crippen LogP contribution in [0.3, 0.4) is 0 Å². The molecule has 1 heterocycles. The number of amides is 1. The van der Waals surface area contributed by atoms with Gasteiger partial charge in [0.1, 0.15) is 0 Å². The van der Waals surface area contributed by atoms with Crippen LogP contribution in [0.4, 0.5) is 0 Å². The van der Waals surface area contributed by atoms with Gasteiger partial charge in [-0.05, 0) is 24.5 Å². The van der Waals surface area contributed by atoms with Crippen molar-refractivity contribution >= 4 is 35.1 Å². The number of benzene rings is 1. The molecular weight excluding hydrogens is 313 g/mol. The third-order valence-electron chi connectivity index (χ3n) is 3.79. The van der Waals surface area contributed by atoms with E-state index in [4.69, 9.17) is 23.2 Å². The number of carbonyl (C=O) groups excluding carboxylic acids is 1. The maximum atomic E-state index is 12.2. The highest BCUT2D eigenvalue weighted by Crippen LogP contribution is 2.41. The summed E-state index contributed by atoms with van der Waals surface area (Å²) in [6.45, 7) is 2.46. The maximum Gasteiger partial charge on any atom is 0.308 e. The van der Waals surface area contributed by atoms with Crippen molar-refractivity contribution in [3.8, 4) is 0 Å². The Hall–Kier alpha value is -1.26. The van der Waals surface area contributed by atoms with Gasteiger partial charge in [0.15, 0.2) is 0 Å². The Labute approximate surface area is 133 Å². The summed E-state index contributed by atoms with van der Waals surface area (Å²) in [7, 11) is 0. The van der Waals surface area contributed by atoms with Crippen LogP contribution in [-0.2, 0) is 9.59 Å². The van der Waals surface area contributed by atoms with E-state index in [1.54, 1.807) is 23.1 Å². The summed E-state index contributed by atoms with van der Waals surface area (Å²) >= 11 is 12.3. The van der Waals surface area contributed by atoms with Crippen LogP contribution < -0.4 is 0 Å². The van der Waals surface area contributed by atoms with Gasteiger partial charge in [-0.15, -0.1) is 0 Å². The summed E-state index contributed by atoms with van der Waals surface area (Å²) in [5.74, 6) is -1.61. The van der Waals surface area contributed by atoms with Gasteiger partial charge in [0.05, 0.1) is 22.0 Å². The van der Waals surface area contributed by atoms with Crippen LogP contribution >= 0.6 is 23.2 Å². The molecular formula is C15H17Cl2NO3. The number of hydrogen-bond acceptors (Lipinski definition) is 2. The Bertz CT molecular complexity index is 562. The number of carboxylic acids is 1. The van der Waals surface area contributed by atoms with E-state index in [1.165, 1.54) is 0 Å². The highest BCUT2D eigenvalue weighted by Gasteiger charge is 2.41. The zero-order chi connectivity index (χ0) is 15.6. The molecule has 2 atom stereocenters. The summed E-state index contributed by atoms with van der Waals surface area (Å²) in [6, 6.07) is 4.56. The fourth-order valence-corrected chi connectivity index (χ4v) is 3.27. The Kier molecular flexibility index (Phi) is 5.12. The van der Waals surface area contributed by atoms with Crippen LogP contribution in [0.25, 0.3) is 0 Å². The fourth-order valence-electron chi connectivity index (χ4n) is 2.85. The molecule has 6 heteroatoms. The summed E-state index contributed by atoms with van der Waals surface area (Å²) in [4.78, 5) is 25.4. The van der Waals surface area contributed by atoms with E-state index in [1.807, 2.05) is 6.92 Å². The third-order valence-corrected chi connectivity index (χ3v) is 4.62. The molecule has 1 aromatic carbocycles. The number of carbonyl (C=O) groups is 2. The lowest BCUT2D eigenvalue weighted by atomic mass is 9.84. The van der Waals surface area contributed by atoms with Crippen molar-refractivity contribution in [2.75, 3.05) is 6.54 Å². The molecule has 0 saturated carbocycles. The molecule has 1 saturated heterocycles.